The number of ether oxygens (including phenoxy) is 3. The van der Waals surface area contributed by atoms with Crippen molar-refractivity contribution in [1.29, 1.82) is 0 Å². The number of aromatic hydroxyl groups is 2. The van der Waals surface area contributed by atoms with E-state index in [2.05, 4.69) is 65.8 Å². The molecule has 0 aliphatic heterocycles. The average molecular weight is 895 g/mol. The summed E-state index contributed by atoms with van der Waals surface area (Å²) in [7, 11) is 0. The van der Waals surface area contributed by atoms with Crippen LogP contribution in [0.2, 0.25) is 0 Å². The molecule has 0 amide bonds. The minimum atomic E-state index is -1.15. The molecule has 1 atom stereocenters. The molecular weight excluding hydrogens is 821 g/mol. The zero-order valence-electron chi connectivity index (χ0n) is 41.5. The molecule has 7 heteroatoms. The summed E-state index contributed by atoms with van der Waals surface area (Å²) < 4.78 is 18.9. The van der Waals surface area contributed by atoms with Crippen LogP contribution in [0.1, 0.15) is 159 Å². The van der Waals surface area contributed by atoms with Gasteiger partial charge in [-0.3, -0.25) is 4.79 Å². The summed E-state index contributed by atoms with van der Waals surface area (Å²) in [4.78, 5) is 28.5. The van der Waals surface area contributed by atoms with Gasteiger partial charge in [-0.25, -0.2) is 4.79 Å². The predicted molar refractivity (Wildman–Crippen MR) is 267 cm³/mol. The van der Waals surface area contributed by atoms with E-state index in [9.17, 15) is 19.8 Å². The first-order valence-electron chi connectivity index (χ1n) is 24.5. The molecule has 7 nitrogen and oxygen atoms in total. The van der Waals surface area contributed by atoms with Gasteiger partial charge in [-0.2, -0.15) is 0 Å². The fourth-order valence-corrected chi connectivity index (χ4v) is 10.4. The van der Waals surface area contributed by atoms with Crippen molar-refractivity contribution in [3.63, 3.8) is 0 Å². The van der Waals surface area contributed by atoms with Gasteiger partial charge in [0.25, 0.3) is 0 Å². The van der Waals surface area contributed by atoms with Crippen molar-refractivity contribution >= 4 is 11.9 Å². The molecule has 6 rings (SSSR count). The summed E-state index contributed by atoms with van der Waals surface area (Å²) in [6.45, 7) is 22.5. The Hall–Kier alpha value is -5.56. The molecule has 0 radical (unpaired) electrons. The number of esters is 2. The SMILES string of the molecule is CCC(Cc1cc(-c2ccc(OC(=O)C(CC)(CC)Oc3ccc(C(C)(C)C)cc3)c(C)c2)ccc1O)C(CC)(CC)C(=O)Oc1ccc(C2(c3ccc(O)c(C)c3)CCCCC2)cc1C. The van der Waals surface area contributed by atoms with Gasteiger partial charge >= 0.3 is 11.9 Å². The lowest BCUT2D eigenvalue weighted by molar-refractivity contribution is -0.153. The van der Waals surface area contributed by atoms with Crippen LogP contribution in [0.5, 0.6) is 28.7 Å². The zero-order valence-corrected chi connectivity index (χ0v) is 41.5. The topological polar surface area (TPSA) is 102 Å². The number of aryl methyl sites for hydroxylation is 3. The van der Waals surface area contributed by atoms with Gasteiger partial charge in [0.1, 0.15) is 28.7 Å². The van der Waals surface area contributed by atoms with E-state index < -0.39 is 17.0 Å². The number of carbonyl (C=O) groups excluding carboxylic acids is 2. The van der Waals surface area contributed by atoms with E-state index in [0.29, 0.717) is 55.1 Å². The van der Waals surface area contributed by atoms with Gasteiger partial charge < -0.3 is 24.4 Å². The van der Waals surface area contributed by atoms with Gasteiger partial charge in [0.05, 0.1) is 5.41 Å². The lowest BCUT2D eigenvalue weighted by atomic mass is 9.65. The van der Waals surface area contributed by atoms with Crippen LogP contribution in [0.25, 0.3) is 11.1 Å². The third-order valence-electron chi connectivity index (χ3n) is 15.1. The molecular formula is C59H74O7. The largest absolute Gasteiger partial charge is 0.508 e. The van der Waals surface area contributed by atoms with Gasteiger partial charge in [0.2, 0.25) is 5.60 Å². The number of phenolic OH excluding ortho intramolecular Hbond substituents is 2. The Morgan fingerprint density at radius 3 is 1.68 bits per heavy atom. The average Bonchev–Trinajstić information content (AvgIpc) is 3.31. The van der Waals surface area contributed by atoms with E-state index in [-0.39, 0.29) is 28.5 Å². The quantitative estimate of drug-likeness (QED) is 0.0708. The van der Waals surface area contributed by atoms with E-state index >= 15 is 0 Å². The lowest BCUT2D eigenvalue weighted by Gasteiger charge is -2.39. The third-order valence-corrected chi connectivity index (χ3v) is 15.1. The van der Waals surface area contributed by atoms with E-state index in [0.717, 1.165) is 65.5 Å². The molecule has 1 aliphatic carbocycles. The second kappa shape index (κ2) is 20.5. The molecule has 0 saturated heterocycles. The van der Waals surface area contributed by atoms with E-state index in [1.165, 1.54) is 23.1 Å². The van der Waals surface area contributed by atoms with Gasteiger partial charge in [-0.05, 0) is 176 Å². The first kappa shape index (κ1) is 49.9. The Morgan fingerprint density at radius 2 is 1.14 bits per heavy atom. The van der Waals surface area contributed by atoms with Crippen LogP contribution in [0, 0.1) is 32.1 Å². The highest BCUT2D eigenvalue weighted by Gasteiger charge is 2.45. The van der Waals surface area contributed by atoms with Crippen LogP contribution >= 0.6 is 0 Å². The maximum Gasteiger partial charge on any atom is 0.355 e. The van der Waals surface area contributed by atoms with Crippen LogP contribution in [0.3, 0.4) is 0 Å². The van der Waals surface area contributed by atoms with Crippen LogP contribution < -0.4 is 14.2 Å². The normalized spacial score (nSPS) is 14.7. The predicted octanol–water partition coefficient (Wildman–Crippen LogP) is 14.8. The Balaban J connectivity index is 1.19. The lowest BCUT2D eigenvalue weighted by Crippen LogP contribution is -2.46. The fourth-order valence-electron chi connectivity index (χ4n) is 10.4. The van der Waals surface area contributed by atoms with Crippen LogP contribution in [-0.4, -0.2) is 27.8 Å². The summed E-state index contributed by atoms with van der Waals surface area (Å²) in [5, 5.41) is 21.6. The Labute approximate surface area is 394 Å². The van der Waals surface area contributed by atoms with Crippen molar-refractivity contribution < 1.29 is 34.0 Å². The smallest absolute Gasteiger partial charge is 0.355 e. The molecule has 1 fully saturated rings. The Kier molecular flexibility index (Phi) is 15.5. The van der Waals surface area contributed by atoms with Gasteiger partial charge in [-0.15, -0.1) is 0 Å². The molecule has 66 heavy (non-hydrogen) atoms. The number of hydrogen-bond acceptors (Lipinski definition) is 7. The second-order valence-corrected chi connectivity index (χ2v) is 20.0. The summed E-state index contributed by atoms with van der Waals surface area (Å²) in [5.74, 6) is 1.37. The van der Waals surface area contributed by atoms with Crippen LogP contribution in [0.15, 0.2) is 97.1 Å². The highest BCUT2D eigenvalue weighted by atomic mass is 16.6. The van der Waals surface area contributed by atoms with Crippen molar-refractivity contribution in [2.45, 2.75) is 163 Å². The molecule has 1 unspecified atom stereocenters. The molecule has 0 heterocycles. The summed E-state index contributed by atoms with van der Waals surface area (Å²) in [6, 6.07) is 31.6. The van der Waals surface area contributed by atoms with Crippen LogP contribution in [-0.2, 0) is 26.8 Å². The van der Waals surface area contributed by atoms with Gasteiger partial charge in [-0.1, -0.05) is 130 Å². The third kappa shape index (κ3) is 10.2. The molecule has 1 saturated carbocycles. The first-order valence-corrected chi connectivity index (χ1v) is 24.5. The maximum atomic E-state index is 14.6. The molecule has 352 valence electrons. The van der Waals surface area contributed by atoms with E-state index in [1.54, 1.807) is 6.07 Å². The monoisotopic (exact) mass is 895 g/mol. The molecule has 1 aliphatic rings. The van der Waals surface area contributed by atoms with Gasteiger partial charge in [0.15, 0.2) is 0 Å². The Bertz CT molecular complexity index is 2480. The highest BCUT2D eigenvalue weighted by Crippen LogP contribution is 2.48. The second-order valence-electron chi connectivity index (χ2n) is 20.0. The summed E-state index contributed by atoms with van der Waals surface area (Å²) in [5.41, 5.74) is 6.71. The summed E-state index contributed by atoms with van der Waals surface area (Å²) >= 11 is 0. The van der Waals surface area contributed by atoms with E-state index in [4.69, 9.17) is 14.2 Å². The molecule has 0 aromatic heterocycles. The number of rotatable bonds is 17. The fraction of sp³-hybridized carbons (Fsp3) is 0.458. The van der Waals surface area contributed by atoms with Crippen molar-refractivity contribution in [3.8, 4) is 39.9 Å². The van der Waals surface area contributed by atoms with Crippen molar-refractivity contribution in [3.05, 3.63) is 136 Å². The standard InChI is InChI=1S/C59H74O7/c1-12-45(57(13-2,14-3)54(62)64-53-31-25-48(36-41(53)8)58(32-18-17-19-33-58)47-24-29-50(60)39(6)35-47)38-44-37-43(20-28-51(44)61)42-21-30-52(40(7)34-42)65-55(63)59(15-4,16-5)66-49-26-22-46(23-27-49)56(9,10)11/h20-31,34-37,45,60-61H,12-19,32-33,38H2,1-11H3. The molecule has 2 N–H and O–H groups in total. The zero-order chi connectivity index (χ0) is 48.0. The van der Waals surface area contributed by atoms with E-state index in [1.807, 2.05) is 101 Å². The molecule has 0 spiro atoms. The van der Waals surface area contributed by atoms with Crippen LogP contribution in [0.4, 0.5) is 0 Å². The first-order chi connectivity index (χ1) is 31.4. The van der Waals surface area contributed by atoms with Crippen molar-refractivity contribution in [2.75, 3.05) is 0 Å². The maximum absolute atomic E-state index is 14.6. The van der Waals surface area contributed by atoms with Crippen molar-refractivity contribution in [2.24, 2.45) is 11.3 Å². The number of hydrogen-bond donors (Lipinski definition) is 2. The minimum Gasteiger partial charge on any atom is -0.508 e. The minimum absolute atomic E-state index is 0.00390. The number of carbonyl (C=O) groups is 2. The summed E-state index contributed by atoms with van der Waals surface area (Å²) in [6.07, 6.45) is 8.81. The van der Waals surface area contributed by atoms with Crippen molar-refractivity contribution in [1.82, 2.24) is 0 Å². The molecule has 5 aromatic carbocycles. The molecule has 0 bridgehead atoms. The number of benzene rings is 5. The number of phenols is 2. The van der Waals surface area contributed by atoms with Gasteiger partial charge in [0, 0.05) is 5.41 Å². The Morgan fingerprint density at radius 1 is 0.606 bits per heavy atom. The molecule has 5 aromatic rings. The highest BCUT2D eigenvalue weighted by molar-refractivity contribution is 5.83.